The summed E-state index contributed by atoms with van der Waals surface area (Å²) in [5, 5.41) is 12.8. The molecule has 2 aliphatic rings. The molecule has 1 heterocycles. The van der Waals surface area contributed by atoms with Gasteiger partial charge in [0.05, 0.1) is 12.1 Å². The van der Waals surface area contributed by atoms with Crippen LogP contribution >= 0.6 is 0 Å². The molecule has 5 nitrogen and oxygen atoms in total. The monoisotopic (exact) mass is 368 g/mol. The molecule has 3 rings (SSSR count). The van der Waals surface area contributed by atoms with Gasteiger partial charge in [-0.2, -0.15) is 5.26 Å². The number of piperazine rings is 1. The molecule has 146 valence electrons. The summed E-state index contributed by atoms with van der Waals surface area (Å²) in [4.78, 5) is 17.0. The van der Waals surface area contributed by atoms with Crippen LogP contribution in [0.15, 0.2) is 30.3 Å². The predicted molar refractivity (Wildman–Crippen MR) is 107 cm³/mol. The summed E-state index contributed by atoms with van der Waals surface area (Å²) < 4.78 is 0. The molecule has 0 spiro atoms. The molecule has 1 aliphatic heterocycles. The third-order valence-electron chi connectivity index (χ3n) is 6.17. The van der Waals surface area contributed by atoms with E-state index in [1.165, 1.54) is 32.1 Å². The van der Waals surface area contributed by atoms with Crippen LogP contribution in [0.1, 0.15) is 50.6 Å². The summed E-state index contributed by atoms with van der Waals surface area (Å²) in [6.07, 6.45) is 6.46. The van der Waals surface area contributed by atoms with Gasteiger partial charge in [0, 0.05) is 32.7 Å². The predicted octanol–water partition coefficient (Wildman–Crippen LogP) is 2.95. The molecule has 1 saturated carbocycles. The Morgan fingerprint density at radius 1 is 1.11 bits per heavy atom. The van der Waals surface area contributed by atoms with E-state index in [2.05, 4.69) is 21.2 Å². The first-order valence-corrected chi connectivity index (χ1v) is 10.4. The van der Waals surface area contributed by atoms with Crippen molar-refractivity contribution in [2.75, 3.05) is 32.7 Å². The molecular formula is C22H32N4O. The van der Waals surface area contributed by atoms with Crippen LogP contribution in [-0.4, -0.2) is 54.5 Å². The standard InChI is InChI=1S/C22H32N4O/c1-18(22(27)24-17-19-8-4-2-5-9-19)25-12-14-26(15-13-25)21(16-23)20-10-6-3-7-11-20/h3,6-7,10-11,18-19,21H,2,4-5,8-9,12-15,17H2,1H3,(H,24,27). The number of hydrogen-bond acceptors (Lipinski definition) is 4. The van der Waals surface area contributed by atoms with Crippen molar-refractivity contribution in [3.63, 3.8) is 0 Å². The first kappa shape index (κ1) is 19.9. The largest absolute Gasteiger partial charge is 0.354 e. The lowest BCUT2D eigenvalue weighted by molar-refractivity contribution is -0.126. The van der Waals surface area contributed by atoms with Gasteiger partial charge in [0.2, 0.25) is 5.91 Å². The van der Waals surface area contributed by atoms with E-state index in [0.29, 0.717) is 5.92 Å². The van der Waals surface area contributed by atoms with Gasteiger partial charge in [-0.3, -0.25) is 14.6 Å². The maximum absolute atomic E-state index is 12.6. The Hall–Kier alpha value is -1.90. The lowest BCUT2D eigenvalue weighted by Crippen LogP contribution is -2.54. The highest BCUT2D eigenvalue weighted by molar-refractivity contribution is 5.81. The fourth-order valence-corrected chi connectivity index (χ4v) is 4.33. The minimum Gasteiger partial charge on any atom is -0.354 e. The summed E-state index contributed by atoms with van der Waals surface area (Å²) in [6.45, 7) is 6.10. The fourth-order valence-electron chi connectivity index (χ4n) is 4.33. The lowest BCUT2D eigenvalue weighted by Gasteiger charge is -2.39. The third kappa shape index (κ3) is 5.31. The smallest absolute Gasteiger partial charge is 0.237 e. The molecule has 1 amide bonds. The highest BCUT2D eigenvalue weighted by Crippen LogP contribution is 2.23. The second-order valence-electron chi connectivity index (χ2n) is 7.94. The topological polar surface area (TPSA) is 59.4 Å². The van der Waals surface area contributed by atoms with Crippen molar-refractivity contribution in [3.8, 4) is 6.07 Å². The third-order valence-corrected chi connectivity index (χ3v) is 6.17. The summed E-state index contributed by atoms with van der Waals surface area (Å²) in [7, 11) is 0. The molecule has 0 aromatic heterocycles. The molecule has 0 radical (unpaired) electrons. The summed E-state index contributed by atoms with van der Waals surface area (Å²) in [5.74, 6) is 0.808. The number of hydrogen-bond donors (Lipinski definition) is 1. The van der Waals surface area contributed by atoms with Crippen LogP contribution in [-0.2, 0) is 4.79 Å². The number of benzene rings is 1. The molecule has 1 N–H and O–H groups in total. The van der Waals surface area contributed by atoms with Gasteiger partial charge in [-0.1, -0.05) is 49.6 Å². The molecule has 2 unspecified atom stereocenters. The first-order chi connectivity index (χ1) is 13.2. The average molecular weight is 369 g/mol. The Labute approximate surface area is 163 Å². The Morgan fingerprint density at radius 3 is 2.37 bits per heavy atom. The zero-order valence-corrected chi connectivity index (χ0v) is 16.4. The number of rotatable bonds is 6. The Morgan fingerprint density at radius 2 is 1.74 bits per heavy atom. The molecule has 1 saturated heterocycles. The second-order valence-corrected chi connectivity index (χ2v) is 7.94. The second kappa shape index (κ2) is 9.87. The minimum atomic E-state index is -0.205. The Kier molecular flexibility index (Phi) is 7.25. The SMILES string of the molecule is CC(C(=O)NCC1CCCCC1)N1CCN(C(C#N)c2ccccc2)CC1. The molecule has 0 bridgehead atoms. The summed E-state index contributed by atoms with van der Waals surface area (Å²) >= 11 is 0. The van der Waals surface area contributed by atoms with Crippen LogP contribution in [0.5, 0.6) is 0 Å². The van der Waals surface area contributed by atoms with Gasteiger partial charge in [0.25, 0.3) is 0 Å². The molecule has 5 heteroatoms. The lowest BCUT2D eigenvalue weighted by atomic mass is 9.89. The number of nitriles is 1. The first-order valence-electron chi connectivity index (χ1n) is 10.4. The van der Waals surface area contributed by atoms with Gasteiger partial charge >= 0.3 is 0 Å². The van der Waals surface area contributed by atoms with E-state index in [4.69, 9.17) is 0 Å². The normalized spacial score (nSPS) is 21.9. The highest BCUT2D eigenvalue weighted by atomic mass is 16.2. The van der Waals surface area contributed by atoms with Crippen molar-refractivity contribution < 1.29 is 4.79 Å². The fraction of sp³-hybridized carbons (Fsp3) is 0.636. The van der Waals surface area contributed by atoms with Crippen LogP contribution < -0.4 is 5.32 Å². The summed E-state index contributed by atoms with van der Waals surface area (Å²) in [6, 6.07) is 12.1. The average Bonchev–Trinajstić information content (AvgIpc) is 2.74. The van der Waals surface area contributed by atoms with Crippen molar-refractivity contribution in [2.24, 2.45) is 5.92 Å². The quantitative estimate of drug-likeness (QED) is 0.839. The maximum atomic E-state index is 12.6. The van der Waals surface area contributed by atoms with Crippen molar-refractivity contribution in [3.05, 3.63) is 35.9 Å². The highest BCUT2D eigenvalue weighted by Gasteiger charge is 2.29. The van der Waals surface area contributed by atoms with E-state index in [9.17, 15) is 10.1 Å². The van der Waals surface area contributed by atoms with Gasteiger partial charge in [-0.15, -0.1) is 0 Å². The van der Waals surface area contributed by atoms with E-state index in [-0.39, 0.29) is 18.0 Å². The van der Waals surface area contributed by atoms with Crippen molar-refractivity contribution in [1.29, 1.82) is 5.26 Å². The van der Waals surface area contributed by atoms with Crippen LogP contribution in [0.3, 0.4) is 0 Å². The van der Waals surface area contributed by atoms with Crippen LogP contribution in [0.25, 0.3) is 0 Å². The molecule has 1 aromatic carbocycles. The van der Waals surface area contributed by atoms with Crippen molar-refractivity contribution >= 4 is 5.91 Å². The molecule has 2 fully saturated rings. The van der Waals surface area contributed by atoms with Gasteiger partial charge in [-0.05, 0) is 31.2 Å². The number of nitrogens with zero attached hydrogens (tertiary/aromatic N) is 3. The van der Waals surface area contributed by atoms with E-state index in [1.807, 2.05) is 37.3 Å². The van der Waals surface area contributed by atoms with Crippen molar-refractivity contribution in [2.45, 2.75) is 51.1 Å². The summed E-state index contributed by atoms with van der Waals surface area (Å²) in [5.41, 5.74) is 1.05. The van der Waals surface area contributed by atoms with Gasteiger partial charge in [0.1, 0.15) is 6.04 Å². The zero-order valence-electron chi connectivity index (χ0n) is 16.4. The number of amides is 1. The van der Waals surface area contributed by atoms with Crippen LogP contribution in [0.2, 0.25) is 0 Å². The number of carbonyl (C=O) groups is 1. The maximum Gasteiger partial charge on any atom is 0.237 e. The Bertz CT molecular complexity index is 627. The molecule has 1 aliphatic carbocycles. The van der Waals surface area contributed by atoms with Crippen LogP contribution in [0, 0.1) is 17.2 Å². The number of carbonyl (C=O) groups excluding carboxylic acids is 1. The van der Waals surface area contributed by atoms with Gasteiger partial charge in [-0.25, -0.2) is 0 Å². The van der Waals surface area contributed by atoms with E-state index >= 15 is 0 Å². The molecular weight excluding hydrogens is 336 g/mol. The molecule has 27 heavy (non-hydrogen) atoms. The van der Waals surface area contributed by atoms with E-state index in [1.54, 1.807) is 0 Å². The Balaban J connectivity index is 1.46. The van der Waals surface area contributed by atoms with E-state index in [0.717, 1.165) is 38.3 Å². The molecule has 2 atom stereocenters. The van der Waals surface area contributed by atoms with Crippen LogP contribution in [0.4, 0.5) is 0 Å². The van der Waals surface area contributed by atoms with Crippen molar-refractivity contribution in [1.82, 2.24) is 15.1 Å². The van der Waals surface area contributed by atoms with Gasteiger partial charge < -0.3 is 5.32 Å². The zero-order chi connectivity index (χ0) is 19.1. The number of nitrogens with one attached hydrogen (secondary N) is 1. The van der Waals surface area contributed by atoms with Gasteiger partial charge in [0.15, 0.2) is 0 Å². The van der Waals surface area contributed by atoms with E-state index < -0.39 is 0 Å². The molecule has 1 aromatic rings. The minimum absolute atomic E-state index is 0.104.